The van der Waals surface area contributed by atoms with E-state index in [1.165, 1.54) is 12.6 Å². The van der Waals surface area contributed by atoms with Gasteiger partial charge in [0.1, 0.15) is 6.61 Å². The van der Waals surface area contributed by atoms with Crippen LogP contribution in [0, 0.1) is 0 Å². The molecule has 0 aliphatic rings. The van der Waals surface area contributed by atoms with Crippen molar-refractivity contribution >= 4 is 6.09 Å². The molecule has 0 atom stereocenters. The fourth-order valence-electron chi connectivity index (χ4n) is 0.961. The van der Waals surface area contributed by atoms with Gasteiger partial charge in [0.05, 0.1) is 5.69 Å². The van der Waals surface area contributed by atoms with Gasteiger partial charge in [-0.2, -0.15) is 0 Å². The number of nitrogens with zero attached hydrogens (tertiary/aromatic N) is 1. The smallest absolute Gasteiger partial charge is 0.407 e. The molecule has 0 fully saturated rings. The van der Waals surface area contributed by atoms with Crippen LogP contribution < -0.4 is 5.32 Å². The van der Waals surface area contributed by atoms with Crippen molar-refractivity contribution in [2.45, 2.75) is 20.0 Å². The summed E-state index contributed by atoms with van der Waals surface area (Å²) in [5.41, 5.74) is 1.93. The Morgan fingerprint density at radius 1 is 1.57 bits per heavy atom. The zero-order valence-corrected chi connectivity index (χ0v) is 8.41. The van der Waals surface area contributed by atoms with Crippen molar-refractivity contribution in [3.8, 4) is 0 Å². The molecule has 0 aliphatic carbocycles. The quantitative estimate of drug-likeness (QED) is 0.793. The number of hydrogen-bond donors (Lipinski definition) is 1. The van der Waals surface area contributed by atoms with Crippen LogP contribution in [0.3, 0.4) is 0 Å². The molecule has 1 rings (SSSR count). The number of ether oxygens (including phenoxy) is 1. The highest BCUT2D eigenvalue weighted by Gasteiger charge is 1.99. The molecule has 1 aromatic rings. The maximum absolute atomic E-state index is 10.7. The van der Waals surface area contributed by atoms with E-state index in [9.17, 15) is 4.79 Å². The molecule has 0 aliphatic heterocycles. The summed E-state index contributed by atoms with van der Waals surface area (Å²) in [6.07, 6.45) is 2.32. The van der Waals surface area contributed by atoms with Gasteiger partial charge in [-0.25, -0.2) is 4.79 Å². The Hall–Kier alpha value is -1.58. The number of carbonyl (C=O) groups is 1. The molecule has 14 heavy (non-hydrogen) atoms. The number of carbonyl (C=O) groups excluding carboxylic acids is 1. The average molecular weight is 194 g/mol. The van der Waals surface area contributed by atoms with Crippen LogP contribution in [0.2, 0.25) is 0 Å². The summed E-state index contributed by atoms with van der Waals surface area (Å²) in [5, 5.41) is 2.37. The summed E-state index contributed by atoms with van der Waals surface area (Å²) in [5.74, 6) is 0. The Morgan fingerprint density at radius 2 is 2.36 bits per heavy atom. The highest BCUT2D eigenvalue weighted by atomic mass is 16.5. The Balaban J connectivity index is 2.47. The van der Waals surface area contributed by atoms with Gasteiger partial charge < -0.3 is 10.1 Å². The molecule has 0 spiro atoms. The molecule has 1 amide bonds. The van der Waals surface area contributed by atoms with Gasteiger partial charge in [0.15, 0.2) is 0 Å². The third-order valence-corrected chi connectivity index (χ3v) is 1.85. The molecule has 1 heterocycles. The second-order valence-electron chi connectivity index (χ2n) is 2.84. The van der Waals surface area contributed by atoms with Crippen molar-refractivity contribution in [1.29, 1.82) is 0 Å². The van der Waals surface area contributed by atoms with Gasteiger partial charge in [-0.15, -0.1) is 0 Å². The maximum Gasteiger partial charge on any atom is 0.407 e. The van der Waals surface area contributed by atoms with E-state index in [2.05, 4.69) is 17.2 Å². The van der Waals surface area contributed by atoms with Crippen LogP contribution in [0.25, 0.3) is 0 Å². The van der Waals surface area contributed by atoms with Crippen molar-refractivity contribution in [3.63, 3.8) is 0 Å². The van der Waals surface area contributed by atoms with Crippen molar-refractivity contribution < 1.29 is 9.53 Å². The van der Waals surface area contributed by atoms with Crippen molar-refractivity contribution in [2.24, 2.45) is 0 Å². The lowest BCUT2D eigenvalue weighted by Gasteiger charge is -2.03. The van der Waals surface area contributed by atoms with Crippen LogP contribution in [0.4, 0.5) is 4.79 Å². The largest absolute Gasteiger partial charge is 0.443 e. The predicted octanol–water partition coefficient (Wildman–Crippen LogP) is 1.50. The van der Waals surface area contributed by atoms with E-state index in [1.807, 2.05) is 12.1 Å². The van der Waals surface area contributed by atoms with E-state index in [0.717, 1.165) is 12.1 Å². The number of hydrogen-bond acceptors (Lipinski definition) is 3. The maximum atomic E-state index is 10.7. The number of pyridine rings is 1. The third kappa shape index (κ3) is 3.05. The van der Waals surface area contributed by atoms with Gasteiger partial charge in [-0.05, 0) is 18.1 Å². The first-order chi connectivity index (χ1) is 6.76. The van der Waals surface area contributed by atoms with Crippen molar-refractivity contribution in [3.05, 3.63) is 29.6 Å². The Kier molecular flexibility index (Phi) is 3.91. The monoisotopic (exact) mass is 194 g/mol. The van der Waals surface area contributed by atoms with Gasteiger partial charge in [-0.1, -0.05) is 13.0 Å². The minimum atomic E-state index is -0.439. The first kappa shape index (κ1) is 10.5. The number of amides is 1. The normalized spacial score (nSPS) is 9.57. The van der Waals surface area contributed by atoms with Gasteiger partial charge in [0.2, 0.25) is 0 Å². The number of nitrogens with one attached hydrogen (secondary N) is 1. The average Bonchev–Trinajstić information content (AvgIpc) is 2.26. The van der Waals surface area contributed by atoms with Crippen LogP contribution in [-0.4, -0.2) is 18.1 Å². The number of aryl methyl sites for hydroxylation is 1. The number of alkyl carbamates (subject to hydrolysis) is 1. The lowest BCUT2D eigenvalue weighted by molar-refractivity contribution is 0.140. The van der Waals surface area contributed by atoms with E-state index in [1.54, 1.807) is 6.20 Å². The molecule has 0 radical (unpaired) electrons. The highest BCUT2D eigenvalue weighted by Crippen LogP contribution is 2.02. The zero-order chi connectivity index (χ0) is 10.4. The Morgan fingerprint density at radius 3 is 2.86 bits per heavy atom. The minimum absolute atomic E-state index is 0.212. The molecule has 4 heteroatoms. The molecule has 0 saturated carbocycles. The lowest BCUT2D eigenvalue weighted by atomic mass is 10.2. The van der Waals surface area contributed by atoms with Crippen LogP contribution in [-0.2, 0) is 17.8 Å². The van der Waals surface area contributed by atoms with E-state index in [0.29, 0.717) is 0 Å². The number of rotatable bonds is 3. The molecular weight excluding hydrogens is 180 g/mol. The third-order valence-electron chi connectivity index (χ3n) is 1.85. The molecule has 0 unspecified atom stereocenters. The topological polar surface area (TPSA) is 51.2 Å². The second kappa shape index (κ2) is 5.21. The second-order valence-corrected chi connectivity index (χ2v) is 2.84. The van der Waals surface area contributed by atoms with Crippen molar-refractivity contribution in [2.75, 3.05) is 7.05 Å². The minimum Gasteiger partial charge on any atom is -0.443 e. The van der Waals surface area contributed by atoms with Gasteiger partial charge in [0.25, 0.3) is 0 Å². The van der Waals surface area contributed by atoms with E-state index < -0.39 is 6.09 Å². The first-order valence-electron chi connectivity index (χ1n) is 4.54. The molecule has 0 aromatic carbocycles. The molecule has 0 bridgehead atoms. The van der Waals surface area contributed by atoms with Crippen LogP contribution in [0.1, 0.15) is 18.2 Å². The van der Waals surface area contributed by atoms with E-state index in [-0.39, 0.29) is 6.61 Å². The van der Waals surface area contributed by atoms with Gasteiger partial charge >= 0.3 is 6.09 Å². The van der Waals surface area contributed by atoms with Crippen LogP contribution >= 0.6 is 0 Å². The zero-order valence-electron chi connectivity index (χ0n) is 8.41. The summed E-state index contributed by atoms with van der Waals surface area (Å²) in [4.78, 5) is 14.9. The highest BCUT2D eigenvalue weighted by molar-refractivity contribution is 5.66. The summed E-state index contributed by atoms with van der Waals surface area (Å²) < 4.78 is 4.84. The predicted molar refractivity (Wildman–Crippen MR) is 52.9 cm³/mol. The molecule has 0 saturated heterocycles. The SMILES string of the molecule is CCc1ccc(COC(=O)NC)nc1. The molecule has 76 valence electrons. The van der Waals surface area contributed by atoms with E-state index >= 15 is 0 Å². The molecule has 1 N–H and O–H groups in total. The Bertz CT molecular complexity index is 295. The summed E-state index contributed by atoms with van der Waals surface area (Å²) in [6.45, 7) is 2.28. The first-order valence-corrected chi connectivity index (χ1v) is 4.54. The van der Waals surface area contributed by atoms with Crippen LogP contribution in [0.5, 0.6) is 0 Å². The summed E-state index contributed by atoms with van der Waals surface area (Å²) in [7, 11) is 1.52. The summed E-state index contributed by atoms with van der Waals surface area (Å²) in [6, 6.07) is 3.84. The van der Waals surface area contributed by atoms with Gasteiger partial charge in [0, 0.05) is 13.2 Å². The standard InChI is InChI=1S/C10H14N2O2/c1-3-8-4-5-9(12-6-8)7-14-10(13)11-2/h4-6H,3,7H2,1-2H3,(H,11,13). The fourth-order valence-corrected chi connectivity index (χ4v) is 0.961. The lowest BCUT2D eigenvalue weighted by Crippen LogP contribution is -2.19. The van der Waals surface area contributed by atoms with E-state index in [4.69, 9.17) is 4.74 Å². The molecule has 1 aromatic heterocycles. The summed E-state index contributed by atoms with van der Waals surface area (Å²) >= 11 is 0. The molecular formula is C10H14N2O2. The van der Waals surface area contributed by atoms with Gasteiger partial charge in [-0.3, -0.25) is 4.98 Å². The fraction of sp³-hybridized carbons (Fsp3) is 0.400. The van der Waals surface area contributed by atoms with Crippen LogP contribution in [0.15, 0.2) is 18.3 Å². The Labute approximate surface area is 83.3 Å². The van der Waals surface area contributed by atoms with Crippen molar-refractivity contribution in [1.82, 2.24) is 10.3 Å². The number of aromatic nitrogens is 1. The molecule has 4 nitrogen and oxygen atoms in total.